The Morgan fingerprint density at radius 1 is 1.24 bits per heavy atom. The SMILES string of the molecule is O=C(O)c1ccccc1Cn1ccnc1Cc1cccs1. The summed E-state index contributed by atoms with van der Waals surface area (Å²) in [6.45, 7) is 0.517. The monoisotopic (exact) mass is 298 g/mol. The lowest BCUT2D eigenvalue weighted by molar-refractivity contribution is 0.0695. The van der Waals surface area contributed by atoms with Crippen molar-refractivity contribution in [2.45, 2.75) is 13.0 Å². The first-order chi connectivity index (χ1) is 10.2. The summed E-state index contributed by atoms with van der Waals surface area (Å²) >= 11 is 1.70. The Labute approximate surface area is 126 Å². The van der Waals surface area contributed by atoms with E-state index in [9.17, 15) is 9.90 Å². The highest BCUT2D eigenvalue weighted by Gasteiger charge is 2.11. The molecule has 1 N–H and O–H groups in total. The number of carboxylic acids is 1. The molecule has 4 nitrogen and oxygen atoms in total. The summed E-state index contributed by atoms with van der Waals surface area (Å²) < 4.78 is 2.00. The standard InChI is InChI=1S/C16H14N2O2S/c19-16(20)14-6-2-1-4-12(14)11-18-8-7-17-15(18)10-13-5-3-9-21-13/h1-9H,10-11H2,(H,19,20). The van der Waals surface area contributed by atoms with Crippen molar-refractivity contribution in [3.63, 3.8) is 0 Å². The van der Waals surface area contributed by atoms with Crippen LogP contribution in [0, 0.1) is 0 Å². The zero-order valence-corrected chi connectivity index (χ0v) is 12.1. The first-order valence-corrected chi connectivity index (χ1v) is 7.45. The Morgan fingerprint density at radius 3 is 2.86 bits per heavy atom. The molecule has 0 aliphatic carbocycles. The molecule has 3 rings (SSSR count). The topological polar surface area (TPSA) is 55.1 Å². The number of nitrogens with zero attached hydrogens (tertiary/aromatic N) is 2. The zero-order valence-electron chi connectivity index (χ0n) is 11.3. The molecule has 0 spiro atoms. The molecule has 106 valence electrons. The van der Waals surface area contributed by atoms with Crippen LogP contribution < -0.4 is 0 Å². The summed E-state index contributed by atoms with van der Waals surface area (Å²) in [5.74, 6) is 0.0446. The van der Waals surface area contributed by atoms with Gasteiger partial charge in [0.25, 0.3) is 0 Å². The first kappa shape index (κ1) is 13.6. The molecule has 2 aromatic heterocycles. The molecule has 0 aliphatic rings. The van der Waals surface area contributed by atoms with Gasteiger partial charge in [-0.1, -0.05) is 24.3 Å². The summed E-state index contributed by atoms with van der Waals surface area (Å²) in [6, 6.07) is 11.2. The highest BCUT2D eigenvalue weighted by atomic mass is 32.1. The molecule has 0 aliphatic heterocycles. The van der Waals surface area contributed by atoms with Crippen LogP contribution in [0.1, 0.15) is 26.6 Å². The molecule has 1 aromatic carbocycles. The number of carbonyl (C=O) groups is 1. The molecule has 0 radical (unpaired) electrons. The van der Waals surface area contributed by atoms with Gasteiger partial charge in [-0.05, 0) is 23.1 Å². The van der Waals surface area contributed by atoms with Gasteiger partial charge in [-0.15, -0.1) is 11.3 Å². The third-order valence-electron chi connectivity index (χ3n) is 3.30. The number of thiophene rings is 1. The van der Waals surface area contributed by atoms with Gasteiger partial charge in [-0.25, -0.2) is 9.78 Å². The largest absolute Gasteiger partial charge is 0.478 e. The molecule has 0 saturated carbocycles. The van der Waals surface area contributed by atoms with Gasteiger partial charge < -0.3 is 9.67 Å². The lowest BCUT2D eigenvalue weighted by Gasteiger charge is -2.09. The molecule has 0 atom stereocenters. The van der Waals surface area contributed by atoms with Gasteiger partial charge in [-0.3, -0.25) is 0 Å². The van der Waals surface area contributed by atoms with Crippen LogP contribution in [0.3, 0.4) is 0 Å². The Kier molecular flexibility index (Phi) is 3.83. The third kappa shape index (κ3) is 3.03. The summed E-state index contributed by atoms with van der Waals surface area (Å²) in [4.78, 5) is 16.9. The van der Waals surface area contributed by atoms with E-state index < -0.39 is 5.97 Å². The summed E-state index contributed by atoms with van der Waals surface area (Å²) in [5.41, 5.74) is 1.13. The molecule has 0 unspecified atom stereocenters. The highest BCUT2D eigenvalue weighted by molar-refractivity contribution is 7.09. The van der Waals surface area contributed by atoms with Crippen LogP contribution in [-0.2, 0) is 13.0 Å². The molecule has 3 aromatic rings. The van der Waals surface area contributed by atoms with Crippen molar-refractivity contribution in [1.29, 1.82) is 0 Å². The van der Waals surface area contributed by atoms with Crippen molar-refractivity contribution in [1.82, 2.24) is 9.55 Å². The zero-order chi connectivity index (χ0) is 14.7. The Balaban J connectivity index is 1.86. The van der Waals surface area contributed by atoms with Crippen molar-refractivity contribution in [3.8, 4) is 0 Å². The highest BCUT2D eigenvalue weighted by Crippen LogP contribution is 2.16. The fraction of sp³-hybridized carbons (Fsp3) is 0.125. The van der Waals surface area contributed by atoms with E-state index in [1.165, 1.54) is 4.88 Å². The molecule has 21 heavy (non-hydrogen) atoms. The van der Waals surface area contributed by atoms with E-state index >= 15 is 0 Å². The van der Waals surface area contributed by atoms with Crippen molar-refractivity contribution in [2.75, 3.05) is 0 Å². The molecule has 0 amide bonds. The number of imidazole rings is 1. The molecule has 2 heterocycles. The van der Waals surface area contributed by atoms with Gasteiger partial charge in [0.2, 0.25) is 0 Å². The van der Waals surface area contributed by atoms with Crippen LogP contribution in [0.15, 0.2) is 54.2 Å². The van der Waals surface area contributed by atoms with Gasteiger partial charge in [0.05, 0.1) is 5.56 Å². The van der Waals surface area contributed by atoms with Crippen LogP contribution in [0.4, 0.5) is 0 Å². The maximum Gasteiger partial charge on any atom is 0.336 e. The smallest absolute Gasteiger partial charge is 0.336 e. The fourth-order valence-electron chi connectivity index (χ4n) is 2.27. The van der Waals surface area contributed by atoms with Crippen LogP contribution in [-0.4, -0.2) is 20.6 Å². The van der Waals surface area contributed by atoms with E-state index in [4.69, 9.17) is 0 Å². The van der Waals surface area contributed by atoms with Gasteiger partial charge in [0, 0.05) is 30.2 Å². The minimum Gasteiger partial charge on any atom is -0.478 e. The van der Waals surface area contributed by atoms with Gasteiger partial charge in [-0.2, -0.15) is 0 Å². The van der Waals surface area contributed by atoms with Crippen molar-refractivity contribution >= 4 is 17.3 Å². The first-order valence-electron chi connectivity index (χ1n) is 6.57. The predicted molar refractivity (Wildman–Crippen MR) is 81.9 cm³/mol. The maximum atomic E-state index is 11.3. The Morgan fingerprint density at radius 2 is 2.10 bits per heavy atom. The number of aromatic nitrogens is 2. The summed E-state index contributed by atoms with van der Waals surface area (Å²) in [7, 11) is 0. The number of hydrogen-bond donors (Lipinski definition) is 1. The number of aromatic carboxylic acids is 1. The average molecular weight is 298 g/mol. The van der Waals surface area contributed by atoms with Crippen LogP contribution in [0.25, 0.3) is 0 Å². The maximum absolute atomic E-state index is 11.3. The van der Waals surface area contributed by atoms with Gasteiger partial charge >= 0.3 is 5.97 Å². The lowest BCUT2D eigenvalue weighted by Crippen LogP contribution is -2.09. The molecule has 0 bridgehead atoms. The Hall–Kier alpha value is -2.40. The van der Waals surface area contributed by atoms with E-state index in [0.717, 1.165) is 17.8 Å². The molecular formula is C16H14N2O2S. The molecule has 0 saturated heterocycles. The number of hydrogen-bond acceptors (Lipinski definition) is 3. The van der Waals surface area contributed by atoms with Crippen LogP contribution in [0.2, 0.25) is 0 Å². The summed E-state index contributed by atoms with van der Waals surface area (Å²) in [6.07, 6.45) is 4.41. The number of carboxylic acid groups (broad SMARTS) is 1. The fourth-order valence-corrected chi connectivity index (χ4v) is 2.97. The molecule has 0 fully saturated rings. The van der Waals surface area contributed by atoms with Crippen LogP contribution in [0.5, 0.6) is 0 Å². The second-order valence-corrected chi connectivity index (χ2v) is 5.72. The summed E-state index contributed by atoms with van der Waals surface area (Å²) in [5, 5.41) is 11.3. The second kappa shape index (κ2) is 5.93. The predicted octanol–water partition coefficient (Wildman–Crippen LogP) is 3.28. The lowest BCUT2D eigenvalue weighted by atomic mass is 10.1. The molecular weight excluding hydrogens is 284 g/mol. The minimum absolute atomic E-state index is 0.341. The minimum atomic E-state index is -0.898. The van der Waals surface area contributed by atoms with E-state index in [0.29, 0.717) is 12.1 Å². The molecule has 5 heteroatoms. The number of benzene rings is 1. The average Bonchev–Trinajstić information content (AvgIpc) is 3.12. The Bertz CT molecular complexity index is 747. The van der Waals surface area contributed by atoms with E-state index in [-0.39, 0.29) is 0 Å². The van der Waals surface area contributed by atoms with Gasteiger partial charge in [0.15, 0.2) is 0 Å². The van der Waals surface area contributed by atoms with Crippen LogP contribution >= 0.6 is 11.3 Å². The third-order valence-corrected chi connectivity index (χ3v) is 4.18. The quantitative estimate of drug-likeness (QED) is 0.786. The van der Waals surface area contributed by atoms with E-state index in [1.54, 1.807) is 29.7 Å². The van der Waals surface area contributed by atoms with Crippen molar-refractivity contribution < 1.29 is 9.90 Å². The van der Waals surface area contributed by atoms with Gasteiger partial charge in [0.1, 0.15) is 5.82 Å². The number of rotatable bonds is 5. The van der Waals surface area contributed by atoms with E-state index in [1.807, 2.05) is 34.3 Å². The van der Waals surface area contributed by atoms with Crippen molar-refractivity contribution in [3.05, 3.63) is 76.0 Å². The van der Waals surface area contributed by atoms with E-state index in [2.05, 4.69) is 11.1 Å². The second-order valence-electron chi connectivity index (χ2n) is 4.69. The van der Waals surface area contributed by atoms with Crippen molar-refractivity contribution in [2.24, 2.45) is 0 Å². The normalized spacial score (nSPS) is 10.7.